The number of nitrogens with one attached hydrogen (secondary N) is 2. The highest BCUT2D eigenvalue weighted by Gasteiger charge is 2.33. The second kappa shape index (κ2) is 5.80. The zero-order valence-corrected chi connectivity index (χ0v) is 12.0. The van der Waals surface area contributed by atoms with Crippen molar-refractivity contribution in [3.05, 3.63) is 0 Å². The maximum Gasteiger partial charge on any atom is 0.237 e. The van der Waals surface area contributed by atoms with Crippen molar-refractivity contribution in [1.82, 2.24) is 15.5 Å². The van der Waals surface area contributed by atoms with Crippen molar-refractivity contribution in [3.8, 4) is 0 Å². The molecule has 1 amide bonds. The molecule has 1 aliphatic carbocycles. The van der Waals surface area contributed by atoms with Gasteiger partial charge in [0, 0.05) is 31.2 Å². The van der Waals surface area contributed by atoms with Crippen molar-refractivity contribution in [2.75, 3.05) is 13.1 Å². The number of rotatable bonds is 3. The average Bonchev–Trinajstić information content (AvgIpc) is 2.98. The third-order valence-electron chi connectivity index (χ3n) is 5.18. The number of hydrogen-bond acceptors (Lipinski definition) is 3. The number of likely N-dealkylation sites (tertiary alicyclic amines) is 1. The molecule has 1 saturated carbocycles. The van der Waals surface area contributed by atoms with E-state index >= 15 is 0 Å². The average molecular weight is 265 g/mol. The smallest absolute Gasteiger partial charge is 0.237 e. The molecular formula is C15H27N3O. The number of hydrogen-bond donors (Lipinski definition) is 2. The van der Waals surface area contributed by atoms with Crippen molar-refractivity contribution >= 4 is 5.91 Å². The van der Waals surface area contributed by atoms with Crippen LogP contribution in [-0.4, -0.2) is 48.1 Å². The number of amides is 1. The summed E-state index contributed by atoms with van der Waals surface area (Å²) in [6, 6.07) is 1.77. The number of carbonyl (C=O) groups excluding carboxylic acids is 1. The molecule has 2 saturated heterocycles. The molecule has 0 aromatic heterocycles. The van der Waals surface area contributed by atoms with Crippen LogP contribution in [0.5, 0.6) is 0 Å². The molecule has 2 heterocycles. The molecule has 3 fully saturated rings. The van der Waals surface area contributed by atoms with Crippen LogP contribution in [0.15, 0.2) is 0 Å². The largest absolute Gasteiger partial charge is 0.352 e. The Morgan fingerprint density at radius 3 is 2.68 bits per heavy atom. The molecule has 108 valence electrons. The van der Waals surface area contributed by atoms with E-state index in [1.54, 1.807) is 0 Å². The summed E-state index contributed by atoms with van der Waals surface area (Å²) >= 11 is 0. The zero-order valence-electron chi connectivity index (χ0n) is 12.0. The first-order valence-corrected chi connectivity index (χ1v) is 8.03. The summed E-state index contributed by atoms with van der Waals surface area (Å²) in [7, 11) is 0. The lowest BCUT2D eigenvalue weighted by Gasteiger charge is -2.30. The fourth-order valence-corrected chi connectivity index (χ4v) is 3.88. The zero-order chi connectivity index (χ0) is 13.2. The van der Waals surface area contributed by atoms with Crippen LogP contribution >= 0.6 is 0 Å². The Hall–Kier alpha value is -0.610. The molecule has 3 rings (SSSR count). The lowest BCUT2D eigenvalue weighted by Crippen LogP contribution is -2.50. The van der Waals surface area contributed by atoms with Gasteiger partial charge in [0.1, 0.15) is 0 Å². The Morgan fingerprint density at radius 1 is 1.16 bits per heavy atom. The SMILES string of the molecule is CC(C(=O)NC1CCCC1)N1CCC2CCC(C1)N2. The molecule has 4 heteroatoms. The van der Waals surface area contributed by atoms with Gasteiger partial charge < -0.3 is 10.6 Å². The molecule has 0 aromatic carbocycles. The van der Waals surface area contributed by atoms with Crippen LogP contribution in [0, 0.1) is 0 Å². The molecule has 0 spiro atoms. The van der Waals surface area contributed by atoms with Gasteiger partial charge in [0.05, 0.1) is 6.04 Å². The van der Waals surface area contributed by atoms with Crippen LogP contribution in [-0.2, 0) is 4.79 Å². The van der Waals surface area contributed by atoms with Crippen LogP contribution < -0.4 is 10.6 Å². The van der Waals surface area contributed by atoms with Crippen LogP contribution in [0.4, 0.5) is 0 Å². The summed E-state index contributed by atoms with van der Waals surface area (Å²) < 4.78 is 0. The molecule has 0 radical (unpaired) electrons. The Balaban J connectivity index is 1.53. The molecule has 4 nitrogen and oxygen atoms in total. The van der Waals surface area contributed by atoms with Gasteiger partial charge in [0.15, 0.2) is 0 Å². The molecule has 3 unspecified atom stereocenters. The van der Waals surface area contributed by atoms with Gasteiger partial charge in [0.25, 0.3) is 0 Å². The van der Waals surface area contributed by atoms with Gasteiger partial charge in [-0.2, -0.15) is 0 Å². The van der Waals surface area contributed by atoms with Gasteiger partial charge in [-0.3, -0.25) is 9.69 Å². The fourth-order valence-electron chi connectivity index (χ4n) is 3.88. The number of carbonyl (C=O) groups is 1. The van der Waals surface area contributed by atoms with Gasteiger partial charge in [-0.1, -0.05) is 12.8 Å². The van der Waals surface area contributed by atoms with E-state index in [0.717, 1.165) is 13.1 Å². The second-order valence-electron chi connectivity index (χ2n) is 6.59. The van der Waals surface area contributed by atoms with E-state index in [-0.39, 0.29) is 11.9 Å². The van der Waals surface area contributed by atoms with Crippen molar-refractivity contribution in [3.63, 3.8) is 0 Å². The first-order valence-electron chi connectivity index (χ1n) is 8.03. The molecular weight excluding hydrogens is 238 g/mol. The highest BCUT2D eigenvalue weighted by atomic mass is 16.2. The Kier molecular flexibility index (Phi) is 4.08. The fraction of sp³-hybridized carbons (Fsp3) is 0.933. The minimum atomic E-state index is 0.0294. The minimum Gasteiger partial charge on any atom is -0.352 e. The Morgan fingerprint density at radius 2 is 1.89 bits per heavy atom. The monoisotopic (exact) mass is 265 g/mol. The Bertz CT molecular complexity index is 327. The molecule has 3 aliphatic rings. The van der Waals surface area contributed by atoms with E-state index in [2.05, 4.69) is 22.5 Å². The minimum absolute atomic E-state index is 0.0294. The summed E-state index contributed by atoms with van der Waals surface area (Å²) in [6.45, 7) is 4.17. The van der Waals surface area contributed by atoms with E-state index < -0.39 is 0 Å². The van der Waals surface area contributed by atoms with Crippen molar-refractivity contribution in [1.29, 1.82) is 0 Å². The van der Waals surface area contributed by atoms with Gasteiger partial charge >= 0.3 is 0 Å². The van der Waals surface area contributed by atoms with Crippen LogP contribution in [0.25, 0.3) is 0 Å². The van der Waals surface area contributed by atoms with Gasteiger partial charge in [-0.25, -0.2) is 0 Å². The summed E-state index contributed by atoms with van der Waals surface area (Å²) in [4.78, 5) is 14.7. The maximum absolute atomic E-state index is 12.3. The summed E-state index contributed by atoms with van der Waals surface area (Å²) in [5.41, 5.74) is 0. The quantitative estimate of drug-likeness (QED) is 0.807. The predicted octanol–water partition coefficient (Wildman–Crippen LogP) is 1.26. The third kappa shape index (κ3) is 3.11. The first-order chi connectivity index (χ1) is 9.22. The lowest BCUT2D eigenvalue weighted by molar-refractivity contribution is -0.126. The molecule has 3 atom stereocenters. The highest BCUT2D eigenvalue weighted by molar-refractivity contribution is 5.81. The van der Waals surface area contributed by atoms with E-state index in [1.165, 1.54) is 44.9 Å². The molecule has 2 bridgehead atoms. The molecule has 0 aromatic rings. The predicted molar refractivity (Wildman–Crippen MR) is 76.0 cm³/mol. The second-order valence-corrected chi connectivity index (χ2v) is 6.59. The number of nitrogens with zero attached hydrogens (tertiary/aromatic N) is 1. The van der Waals surface area contributed by atoms with Gasteiger partial charge in [-0.05, 0) is 39.0 Å². The van der Waals surface area contributed by atoms with Gasteiger partial charge in [0.2, 0.25) is 5.91 Å². The number of fused-ring (bicyclic) bond motifs is 2. The summed E-state index contributed by atoms with van der Waals surface area (Å²) in [5.74, 6) is 0.240. The van der Waals surface area contributed by atoms with Crippen molar-refractivity contribution in [2.24, 2.45) is 0 Å². The van der Waals surface area contributed by atoms with E-state index in [9.17, 15) is 4.79 Å². The highest BCUT2D eigenvalue weighted by Crippen LogP contribution is 2.22. The lowest BCUT2D eigenvalue weighted by atomic mass is 10.1. The first kappa shape index (κ1) is 13.4. The summed E-state index contributed by atoms with van der Waals surface area (Å²) in [5, 5.41) is 6.92. The van der Waals surface area contributed by atoms with E-state index in [0.29, 0.717) is 18.1 Å². The van der Waals surface area contributed by atoms with Crippen LogP contribution in [0.3, 0.4) is 0 Å². The topological polar surface area (TPSA) is 44.4 Å². The third-order valence-corrected chi connectivity index (χ3v) is 5.18. The van der Waals surface area contributed by atoms with Gasteiger partial charge in [-0.15, -0.1) is 0 Å². The molecule has 19 heavy (non-hydrogen) atoms. The summed E-state index contributed by atoms with van der Waals surface area (Å²) in [6.07, 6.45) is 8.68. The normalized spacial score (nSPS) is 34.2. The van der Waals surface area contributed by atoms with E-state index in [1.807, 2.05) is 0 Å². The standard InChI is InChI=1S/C15H27N3O/c1-11(15(19)17-12-4-2-3-5-12)18-9-8-13-6-7-14(10-18)16-13/h11-14,16H,2-10H2,1H3,(H,17,19). The van der Waals surface area contributed by atoms with Crippen molar-refractivity contribution in [2.45, 2.75) is 76.0 Å². The van der Waals surface area contributed by atoms with Crippen LogP contribution in [0.2, 0.25) is 0 Å². The Labute approximate surface area is 116 Å². The van der Waals surface area contributed by atoms with Crippen LogP contribution in [0.1, 0.15) is 51.9 Å². The molecule has 2 N–H and O–H groups in total. The van der Waals surface area contributed by atoms with Crippen molar-refractivity contribution < 1.29 is 4.79 Å². The molecule has 2 aliphatic heterocycles. The maximum atomic E-state index is 12.3. The van der Waals surface area contributed by atoms with E-state index in [4.69, 9.17) is 0 Å².